The van der Waals surface area contributed by atoms with E-state index in [1.54, 1.807) is 0 Å². The normalized spacial score (nSPS) is 23.2. The van der Waals surface area contributed by atoms with Crippen LogP contribution in [0.5, 0.6) is 0 Å². The van der Waals surface area contributed by atoms with Gasteiger partial charge in [0.2, 0.25) is 0 Å². The van der Waals surface area contributed by atoms with Crippen molar-refractivity contribution in [2.45, 2.75) is 39.2 Å². The van der Waals surface area contributed by atoms with E-state index in [4.69, 9.17) is 9.73 Å². The molecule has 3 atom stereocenters. The van der Waals surface area contributed by atoms with Crippen LogP contribution in [0.2, 0.25) is 0 Å². The third-order valence-electron chi connectivity index (χ3n) is 6.64. The lowest BCUT2D eigenvalue weighted by Crippen LogP contribution is -2.42. The molecule has 3 unspecified atom stereocenters. The third kappa shape index (κ3) is 7.34. The fourth-order valence-electron chi connectivity index (χ4n) is 4.82. The van der Waals surface area contributed by atoms with Crippen molar-refractivity contribution < 1.29 is 4.74 Å². The summed E-state index contributed by atoms with van der Waals surface area (Å²) < 4.78 is 6.20. The van der Waals surface area contributed by atoms with Gasteiger partial charge < -0.3 is 20.3 Å². The van der Waals surface area contributed by atoms with Crippen molar-refractivity contribution in [3.8, 4) is 0 Å². The monoisotopic (exact) mass is 562 g/mol. The number of ether oxygens (including phenoxy) is 1. The second kappa shape index (κ2) is 13.2. The molecule has 2 aliphatic heterocycles. The maximum Gasteiger partial charge on any atom is 0.191 e. The summed E-state index contributed by atoms with van der Waals surface area (Å²) in [6.07, 6.45) is 3.66. The zero-order valence-electron chi connectivity index (χ0n) is 20.0. The van der Waals surface area contributed by atoms with Crippen molar-refractivity contribution in [3.05, 3.63) is 65.7 Å². The summed E-state index contributed by atoms with van der Waals surface area (Å²) in [7, 11) is 0. The predicted molar refractivity (Wildman–Crippen MR) is 149 cm³/mol. The average Bonchev–Trinajstić information content (AvgIpc) is 3.31. The Morgan fingerprint density at radius 2 is 1.85 bits per heavy atom. The second-order valence-corrected chi connectivity index (χ2v) is 9.14. The van der Waals surface area contributed by atoms with Gasteiger partial charge in [0.1, 0.15) is 0 Å². The van der Waals surface area contributed by atoms with Gasteiger partial charge >= 0.3 is 0 Å². The number of aliphatic imine (C=N–C) groups is 1. The van der Waals surface area contributed by atoms with Crippen molar-refractivity contribution in [1.29, 1.82) is 0 Å². The minimum atomic E-state index is 0. The molecule has 0 spiro atoms. The molecular weight excluding hydrogens is 523 g/mol. The van der Waals surface area contributed by atoms with Crippen LogP contribution in [0.15, 0.2) is 59.6 Å². The van der Waals surface area contributed by atoms with E-state index in [2.05, 4.69) is 84.0 Å². The number of rotatable bonds is 7. The largest absolute Gasteiger partial charge is 0.373 e. The lowest BCUT2D eigenvalue weighted by Gasteiger charge is -2.32. The molecule has 2 fully saturated rings. The molecule has 0 bridgehead atoms. The topological polar surface area (TPSA) is 48.9 Å². The summed E-state index contributed by atoms with van der Waals surface area (Å²) in [4.78, 5) is 7.42. The van der Waals surface area contributed by atoms with Gasteiger partial charge in [-0.3, -0.25) is 4.99 Å². The van der Waals surface area contributed by atoms with Gasteiger partial charge in [-0.2, -0.15) is 0 Å². The Kier molecular flexibility index (Phi) is 10.3. The van der Waals surface area contributed by atoms with Crippen molar-refractivity contribution in [2.75, 3.05) is 44.2 Å². The molecule has 5 nitrogen and oxygen atoms in total. The van der Waals surface area contributed by atoms with E-state index in [0.717, 1.165) is 51.7 Å². The summed E-state index contributed by atoms with van der Waals surface area (Å²) >= 11 is 0. The van der Waals surface area contributed by atoms with Gasteiger partial charge in [-0.25, -0.2) is 0 Å². The fraction of sp³-hybridized carbons (Fsp3) is 0.519. The minimum Gasteiger partial charge on any atom is -0.373 e. The first-order valence-electron chi connectivity index (χ1n) is 12.2. The standard InChI is InChI=1S/C27H38N4O.HI/c1-3-28-27(29-18-22-15-16-31(20-22)25-9-5-4-6-10-25)30-19-24-8-7-17-32-26(24)23-13-11-21(2)12-14-23;/h4-6,9-14,22,24,26H,3,7-8,15-20H2,1-2H3,(H2,28,29,30);1H. The molecule has 0 amide bonds. The van der Waals surface area contributed by atoms with Crippen LogP contribution in [0.3, 0.4) is 0 Å². The molecule has 2 aromatic rings. The highest BCUT2D eigenvalue weighted by molar-refractivity contribution is 14.0. The molecule has 0 aromatic heterocycles. The molecule has 4 rings (SSSR count). The van der Waals surface area contributed by atoms with Crippen LogP contribution in [0.4, 0.5) is 5.69 Å². The first-order valence-corrected chi connectivity index (χ1v) is 12.2. The van der Waals surface area contributed by atoms with Gasteiger partial charge in [-0.1, -0.05) is 48.0 Å². The van der Waals surface area contributed by atoms with Gasteiger partial charge in [0, 0.05) is 50.9 Å². The SMILES string of the molecule is CCNC(=NCC1CCN(c2ccccc2)C1)NCC1CCCOC1c1ccc(C)cc1.I. The van der Waals surface area contributed by atoms with E-state index < -0.39 is 0 Å². The maximum atomic E-state index is 6.20. The van der Waals surface area contributed by atoms with Crippen molar-refractivity contribution in [2.24, 2.45) is 16.8 Å². The molecule has 2 saturated heterocycles. The first-order chi connectivity index (χ1) is 15.7. The number of hydrogen-bond donors (Lipinski definition) is 2. The number of halogens is 1. The van der Waals surface area contributed by atoms with Crippen molar-refractivity contribution in [1.82, 2.24) is 10.6 Å². The maximum absolute atomic E-state index is 6.20. The number of para-hydroxylation sites is 1. The van der Waals surface area contributed by atoms with Gasteiger partial charge in [0.05, 0.1) is 6.10 Å². The van der Waals surface area contributed by atoms with E-state index in [-0.39, 0.29) is 30.1 Å². The van der Waals surface area contributed by atoms with E-state index in [1.165, 1.54) is 29.7 Å². The average molecular weight is 563 g/mol. The van der Waals surface area contributed by atoms with Crippen molar-refractivity contribution >= 4 is 35.6 Å². The predicted octanol–water partition coefficient (Wildman–Crippen LogP) is 5.16. The summed E-state index contributed by atoms with van der Waals surface area (Å²) in [5.41, 5.74) is 3.90. The Balaban J connectivity index is 0.00000306. The highest BCUT2D eigenvalue weighted by Gasteiger charge is 2.28. The van der Waals surface area contributed by atoms with E-state index in [1.807, 2.05) is 0 Å². The van der Waals surface area contributed by atoms with E-state index in [9.17, 15) is 0 Å². The smallest absolute Gasteiger partial charge is 0.191 e. The third-order valence-corrected chi connectivity index (χ3v) is 6.64. The van der Waals surface area contributed by atoms with E-state index in [0.29, 0.717) is 11.8 Å². The number of hydrogen-bond acceptors (Lipinski definition) is 3. The Labute approximate surface area is 216 Å². The number of aryl methyl sites for hydroxylation is 1. The molecule has 2 aliphatic rings. The Morgan fingerprint density at radius 1 is 1.06 bits per heavy atom. The zero-order valence-corrected chi connectivity index (χ0v) is 22.3. The first kappa shape index (κ1) is 25.8. The quantitative estimate of drug-likeness (QED) is 0.278. The van der Waals surface area contributed by atoms with Crippen LogP contribution in [0.25, 0.3) is 0 Å². The number of anilines is 1. The van der Waals surface area contributed by atoms with Crippen LogP contribution in [0.1, 0.15) is 43.4 Å². The van der Waals surface area contributed by atoms with Crippen molar-refractivity contribution in [3.63, 3.8) is 0 Å². The molecule has 33 heavy (non-hydrogen) atoms. The summed E-state index contributed by atoms with van der Waals surface area (Å²) in [5, 5.41) is 7.05. The molecule has 0 radical (unpaired) electrons. The molecule has 6 heteroatoms. The Morgan fingerprint density at radius 3 is 2.61 bits per heavy atom. The summed E-state index contributed by atoms with van der Waals surface area (Å²) in [6.45, 7) is 9.92. The van der Waals surface area contributed by atoms with Crippen LogP contribution in [-0.2, 0) is 4.74 Å². The number of guanidine groups is 1. The van der Waals surface area contributed by atoms with Gasteiger partial charge in [-0.15, -0.1) is 24.0 Å². The van der Waals surface area contributed by atoms with Gasteiger partial charge in [-0.05, 0) is 56.7 Å². The number of benzene rings is 2. The van der Waals surface area contributed by atoms with Crippen LogP contribution < -0.4 is 15.5 Å². The second-order valence-electron chi connectivity index (χ2n) is 9.14. The zero-order chi connectivity index (χ0) is 22.2. The fourth-order valence-corrected chi connectivity index (χ4v) is 4.82. The summed E-state index contributed by atoms with van der Waals surface area (Å²) in [6, 6.07) is 19.5. The molecule has 180 valence electrons. The van der Waals surface area contributed by atoms with Gasteiger partial charge in [0.15, 0.2) is 5.96 Å². The Hall–Kier alpha value is -1.80. The van der Waals surface area contributed by atoms with Gasteiger partial charge in [0.25, 0.3) is 0 Å². The van der Waals surface area contributed by atoms with Crippen LogP contribution in [0, 0.1) is 18.8 Å². The Bertz CT molecular complexity index is 858. The molecular formula is C27H39IN4O. The lowest BCUT2D eigenvalue weighted by molar-refractivity contribution is -0.0265. The minimum absolute atomic E-state index is 0. The highest BCUT2D eigenvalue weighted by atomic mass is 127. The molecule has 2 N–H and O–H groups in total. The number of nitrogens with zero attached hydrogens (tertiary/aromatic N) is 2. The van der Waals surface area contributed by atoms with Crippen LogP contribution >= 0.6 is 24.0 Å². The highest BCUT2D eigenvalue weighted by Crippen LogP contribution is 2.33. The van der Waals surface area contributed by atoms with Crippen LogP contribution in [-0.4, -0.2) is 45.3 Å². The molecule has 2 aromatic carbocycles. The molecule has 0 saturated carbocycles. The number of nitrogens with one attached hydrogen (secondary N) is 2. The molecule has 0 aliphatic carbocycles. The lowest BCUT2D eigenvalue weighted by atomic mass is 9.89. The summed E-state index contributed by atoms with van der Waals surface area (Å²) in [5.74, 6) is 1.98. The van der Waals surface area contributed by atoms with E-state index >= 15 is 0 Å². The molecule has 2 heterocycles.